The second-order valence-electron chi connectivity index (χ2n) is 4.62. The molecule has 0 aliphatic heterocycles. The number of pyridine rings is 1. The normalized spacial score (nSPS) is 12.1. The number of nitrogens with one attached hydrogen (secondary N) is 1. The highest BCUT2D eigenvalue weighted by Crippen LogP contribution is 2.12. The Balaban J connectivity index is 1.95. The van der Waals surface area contributed by atoms with Gasteiger partial charge in [0, 0.05) is 17.5 Å². The van der Waals surface area contributed by atoms with Gasteiger partial charge in [0.1, 0.15) is 6.04 Å². The standard InChI is InChI=1S/C15H16N2O3/c1-10(15(19)20)16-14(18)9-8-12-7-6-11-4-2-3-5-13(11)17-12/h2-7,10H,8-9H2,1H3,(H,16,18)(H,19,20). The monoisotopic (exact) mass is 272 g/mol. The van der Waals surface area contributed by atoms with E-state index in [1.807, 2.05) is 36.4 Å². The first-order valence-corrected chi connectivity index (χ1v) is 6.43. The number of aromatic nitrogens is 1. The van der Waals surface area contributed by atoms with Crippen LogP contribution < -0.4 is 5.32 Å². The highest BCUT2D eigenvalue weighted by Gasteiger charge is 2.13. The van der Waals surface area contributed by atoms with Crippen LogP contribution in [0.4, 0.5) is 0 Å². The largest absolute Gasteiger partial charge is 0.480 e. The van der Waals surface area contributed by atoms with Gasteiger partial charge in [-0.3, -0.25) is 14.6 Å². The lowest BCUT2D eigenvalue weighted by Gasteiger charge is -2.09. The van der Waals surface area contributed by atoms with Crippen LogP contribution in [0.25, 0.3) is 10.9 Å². The maximum atomic E-state index is 11.6. The lowest BCUT2D eigenvalue weighted by Crippen LogP contribution is -2.38. The molecule has 2 N–H and O–H groups in total. The van der Waals surface area contributed by atoms with Crippen molar-refractivity contribution in [1.29, 1.82) is 0 Å². The third-order valence-electron chi connectivity index (χ3n) is 3.01. The average Bonchev–Trinajstić information content (AvgIpc) is 2.44. The van der Waals surface area contributed by atoms with Crippen LogP contribution in [0.15, 0.2) is 36.4 Å². The summed E-state index contributed by atoms with van der Waals surface area (Å²) in [6, 6.07) is 10.8. The molecule has 2 aromatic rings. The number of hydrogen-bond acceptors (Lipinski definition) is 3. The number of hydrogen-bond donors (Lipinski definition) is 2. The molecule has 0 fully saturated rings. The summed E-state index contributed by atoms with van der Waals surface area (Å²) in [6.07, 6.45) is 0.714. The number of carbonyl (C=O) groups is 2. The Morgan fingerprint density at radius 1 is 1.25 bits per heavy atom. The number of benzene rings is 1. The SMILES string of the molecule is CC(NC(=O)CCc1ccc2ccccc2n1)C(=O)O. The van der Waals surface area contributed by atoms with E-state index in [0.29, 0.717) is 6.42 Å². The summed E-state index contributed by atoms with van der Waals surface area (Å²) in [5, 5.41) is 12.2. The predicted molar refractivity (Wildman–Crippen MR) is 75.3 cm³/mol. The zero-order valence-electron chi connectivity index (χ0n) is 11.2. The van der Waals surface area contributed by atoms with Gasteiger partial charge in [0.15, 0.2) is 0 Å². The number of aryl methyl sites for hydroxylation is 1. The lowest BCUT2D eigenvalue weighted by atomic mass is 10.1. The Kier molecular flexibility index (Phi) is 4.30. The Labute approximate surface area is 116 Å². The number of para-hydroxylation sites is 1. The van der Waals surface area contributed by atoms with E-state index in [1.54, 1.807) is 0 Å². The van der Waals surface area contributed by atoms with Gasteiger partial charge in [-0.25, -0.2) is 0 Å². The highest BCUT2D eigenvalue weighted by atomic mass is 16.4. The van der Waals surface area contributed by atoms with E-state index >= 15 is 0 Å². The van der Waals surface area contributed by atoms with Crippen LogP contribution in [0.1, 0.15) is 19.0 Å². The van der Waals surface area contributed by atoms with Crippen molar-refractivity contribution in [2.45, 2.75) is 25.8 Å². The van der Waals surface area contributed by atoms with Crippen molar-refractivity contribution in [3.8, 4) is 0 Å². The molecule has 0 saturated carbocycles. The van der Waals surface area contributed by atoms with Crippen LogP contribution in [0.5, 0.6) is 0 Å². The fraction of sp³-hybridized carbons (Fsp3) is 0.267. The van der Waals surface area contributed by atoms with E-state index in [2.05, 4.69) is 10.3 Å². The molecule has 1 heterocycles. The molecule has 0 spiro atoms. The fourth-order valence-corrected chi connectivity index (χ4v) is 1.86. The summed E-state index contributed by atoms with van der Waals surface area (Å²) in [4.78, 5) is 26.7. The van der Waals surface area contributed by atoms with Crippen LogP contribution in [0, 0.1) is 0 Å². The number of amides is 1. The molecule has 20 heavy (non-hydrogen) atoms. The summed E-state index contributed by atoms with van der Waals surface area (Å²) < 4.78 is 0. The van der Waals surface area contributed by atoms with Crippen molar-refractivity contribution in [2.75, 3.05) is 0 Å². The zero-order valence-corrected chi connectivity index (χ0v) is 11.2. The van der Waals surface area contributed by atoms with Crippen molar-refractivity contribution in [2.24, 2.45) is 0 Å². The minimum atomic E-state index is -1.04. The van der Waals surface area contributed by atoms with E-state index < -0.39 is 12.0 Å². The average molecular weight is 272 g/mol. The van der Waals surface area contributed by atoms with Crippen LogP contribution in [-0.2, 0) is 16.0 Å². The third-order valence-corrected chi connectivity index (χ3v) is 3.01. The number of fused-ring (bicyclic) bond motifs is 1. The van der Waals surface area contributed by atoms with E-state index in [0.717, 1.165) is 16.6 Å². The molecular formula is C15H16N2O3. The molecule has 1 amide bonds. The molecule has 5 heteroatoms. The first-order chi connectivity index (χ1) is 9.56. The number of carboxylic acids is 1. The minimum Gasteiger partial charge on any atom is -0.480 e. The lowest BCUT2D eigenvalue weighted by molar-refractivity contribution is -0.141. The molecule has 2 rings (SSSR count). The van der Waals surface area contributed by atoms with E-state index in [-0.39, 0.29) is 12.3 Å². The highest BCUT2D eigenvalue weighted by molar-refractivity contribution is 5.83. The number of nitrogens with zero attached hydrogens (tertiary/aromatic N) is 1. The van der Waals surface area contributed by atoms with Crippen molar-refractivity contribution < 1.29 is 14.7 Å². The van der Waals surface area contributed by atoms with E-state index in [9.17, 15) is 9.59 Å². The second-order valence-corrected chi connectivity index (χ2v) is 4.62. The maximum Gasteiger partial charge on any atom is 0.325 e. The van der Waals surface area contributed by atoms with Gasteiger partial charge in [0.05, 0.1) is 5.52 Å². The van der Waals surface area contributed by atoms with Crippen molar-refractivity contribution in [3.63, 3.8) is 0 Å². The molecule has 1 atom stereocenters. The minimum absolute atomic E-state index is 0.225. The Hall–Kier alpha value is -2.43. The molecule has 0 saturated heterocycles. The van der Waals surface area contributed by atoms with Crippen LogP contribution in [0.3, 0.4) is 0 Å². The molecule has 104 valence electrons. The maximum absolute atomic E-state index is 11.6. The van der Waals surface area contributed by atoms with Gasteiger partial charge in [-0.15, -0.1) is 0 Å². The number of carbonyl (C=O) groups excluding carboxylic acids is 1. The Morgan fingerprint density at radius 3 is 2.75 bits per heavy atom. The molecule has 5 nitrogen and oxygen atoms in total. The van der Waals surface area contributed by atoms with Gasteiger partial charge in [-0.2, -0.15) is 0 Å². The smallest absolute Gasteiger partial charge is 0.325 e. The van der Waals surface area contributed by atoms with Gasteiger partial charge < -0.3 is 10.4 Å². The zero-order chi connectivity index (χ0) is 14.5. The second kappa shape index (κ2) is 6.14. The Morgan fingerprint density at radius 2 is 2.00 bits per heavy atom. The summed E-state index contributed by atoms with van der Waals surface area (Å²) in [6.45, 7) is 1.44. The molecule has 1 unspecified atom stereocenters. The van der Waals surface area contributed by atoms with Gasteiger partial charge in [0.25, 0.3) is 0 Å². The summed E-state index contributed by atoms with van der Waals surface area (Å²) in [5.74, 6) is -1.32. The summed E-state index contributed by atoms with van der Waals surface area (Å²) in [7, 11) is 0. The first kappa shape index (κ1) is 14.0. The molecule has 0 aliphatic carbocycles. The van der Waals surface area contributed by atoms with E-state index in [4.69, 9.17) is 5.11 Å². The third kappa shape index (κ3) is 3.54. The van der Waals surface area contributed by atoms with Crippen LogP contribution in [0.2, 0.25) is 0 Å². The number of carboxylic acid groups (broad SMARTS) is 1. The van der Waals surface area contributed by atoms with Gasteiger partial charge in [0.2, 0.25) is 5.91 Å². The molecular weight excluding hydrogens is 256 g/mol. The quantitative estimate of drug-likeness (QED) is 0.869. The van der Waals surface area contributed by atoms with Crippen molar-refractivity contribution in [1.82, 2.24) is 10.3 Å². The molecule has 0 bridgehead atoms. The fourth-order valence-electron chi connectivity index (χ4n) is 1.86. The van der Waals surface area contributed by atoms with Crippen molar-refractivity contribution >= 4 is 22.8 Å². The predicted octanol–water partition coefficient (Wildman–Crippen LogP) is 1.76. The van der Waals surface area contributed by atoms with Gasteiger partial charge in [-0.05, 0) is 25.5 Å². The summed E-state index contributed by atoms with van der Waals surface area (Å²) >= 11 is 0. The van der Waals surface area contributed by atoms with Gasteiger partial charge in [-0.1, -0.05) is 24.3 Å². The number of aliphatic carboxylic acids is 1. The van der Waals surface area contributed by atoms with E-state index in [1.165, 1.54) is 6.92 Å². The van der Waals surface area contributed by atoms with Crippen LogP contribution in [-0.4, -0.2) is 28.0 Å². The summed E-state index contributed by atoms with van der Waals surface area (Å²) in [5.41, 5.74) is 1.71. The topological polar surface area (TPSA) is 79.3 Å². The molecule has 1 aromatic heterocycles. The molecule has 0 radical (unpaired) electrons. The Bertz CT molecular complexity index is 640. The number of rotatable bonds is 5. The molecule has 1 aromatic carbocycles. The van der Waals surface area contributed by atoms with Gasteiger partial charge >= 0.3 is 5.97 Å². The van der Waals surface area contributed by atoms with Crippen LogP contribution >= 0.6 is 0 Å². The molecule has 0 aliphatic rings. The first-order valence-electron chi connectivity index (χ1n) is 6.43. The van der Waals surface area contributed by atoms with Crippen molar-refractivity contribution in [3.05, 3.63) is 42.1 Å².